The van der Waals surface area contributed by atoms with Crippen LogP contribution in [0.1, 0.15) is 22.8 Å². The second-order valence-corrected chi connectivity index (χ2v) is 8.22. The molecule has 3 N–H and O–H groups in total. The third-order valence-electron chi connectivity index (χ3n) is 5.85. The quantitative estimate of drug-likeness (QED) is 0.341. The molecule has 0 radical (unpaired) electrons. The van der Waals surface area contributed by atoms with Gasteiger partial charge >= 0.3 is 0 Å². The van der Waals surface area contributed by atoms with Crippen LogP contribution in [0.2, 0.25) is 0 Å². The fourth-order valence-electron chi connectivity index (χ4n) is 4.03. The Balaban J connectivity index is 1.59. The number of hydrogen-bond acceptors (Lipinski definition) is 7. The fraction of sp³-hybridized carbons (Fsp3) is 0.346. The van der Waals surface area contributed by atoms with Crippen LogP contribution in [0.4, 0.5) is 0 Å². The Labute approximate surface area is 207 Å². The van der Waals surface area contributed by atoms with Gasteiger partial charge in [0.2, 0.25) is 18.1 Å². The van der Waals surface area contributed by atoms with E-state index in [1.54, 1.807) is 16.7 Å². The number of fused-ring (bicyclic) bond motifs is 2. The first-order valence-electron chi connectivity index (χ1n) is 11.8. The molecule has 2 heterocycles. The Bertz CT molecular complexity index is 1290. The molecule has 36 heavy (non-hydrogen) atoms. The maximum atomic E-state index is 13.3. The van der Waals surface area contributed by atoms with Crippen LogP contribution in [0.5, 0.6) is 11.5 Å². The molecule has 1 aliphatic rings. The first-order chi connectivity index (χ1) is 17.5. The van der Waals surface area contributed by atoms with Gasteiger partial charge in [-0.3, -0.25) is 14.4 Å². The third-order valence-corrected chi connectivity index (χ3v) is 5.85. The summed E-state index contributed by atoms with van der Waals surface area (Å²) in [7, 11) is 0. The Kier molecular flexibility index (Phi) is 8.19. The van der Waals surface area contributed by atoms with Gasteiger partial charge in [0, 0.05) is 31.8 Å². The van der Waals surface area contributed by atoms with E-state index in [1.165, 1.54) is 6.20 Å². The van der Waals surface area contributed by atoms with Gasteiger partial charge in [-0.1, -0.05) is 30.3 Å². The molecule has 4 rings (SSSR count). The van der Waals surface area contributed by atoms with Gasteiger partial charge < -0.3 is 34.5 Å². The number of aliphatic hydroxyl groups is 1. The topological polar surface area (TPSA) is 128 Å². The SMILES string of the molecule is CCn1cc(C(=O)NC(Cc2ccccc2)C(=O)NCCOCCO)c(=O)c2cc3c(cc21)OCO3. The molecule has 0 bridgehead atoms. The summed E-state index contributed by atoms with van der Waals surface area (Å²) in [6, 6.07) is 11.7. The number of amides is 2. The van der Waals surface area contributed by atoms with Crippen LogP contribution >= 0.6 is 0 Å². The van der Waals surface area contributed by atoms with Gasteiger partial charge in [0.05, 0.1) is 30.7 Å². The number of aliphatic hydroxyl groups excluding tert-OH is 1. The molecule has 1 aromatic heterocycles. The number of pyridine rings is 1. The molecule has 2 aromatic carbocycles. The van der Waals surface area contributed by atoms with Crippen LogP contribution in [0.3, 0.4) is 0 Å². The minimum absolute atomic E-state index is 0.0691. The van der Waals surface area contributed by atoms with E-state index >= 15 is 0 Å². The summed E-state index contributed by atoms with van der Waals surface area (Å²) in [5.74, 6) is -0.0532. The predicted molar refractivity (Wildman–Crippen MR) is 132 cm³/mol. The number of carbonyl (C=O) groups excluding carboxylic acids is 2. The standard InChI is InChI=1S/C26H29N3O7/c1-2-29-15-19(24(31)18-13-22-23(14-21(18)29)36-16-35-22)25(32)28-20(12-17-6-4-3-5-7-17)26(33)27-8-10-34-11-9-30/h3-7,13-15,20,30H,2,8-12,16H2,1H3,(H,27,33)(H,28,32). The molecule has 3 aromatic rings. The van der Waals surface area contributed by atoms with Crippen molar-refractivity contribution in [1.29, 1.82) is 0 Å². The molecular formula is C26H29N3O7. The van der Waals surface area contributed by atoms with E-state index in [4.69, 9.17) is 19.3 Å². The Morgan fingerprint density at radius 1 is 1.14 bits per heavy atom. The van der Waals surface area contributed by atoms with E-state index in [9.17, 15) is 14.4 Å². The maximum Gasteiger partial charge on any atom is 0.257 e. The van der Waals surface area contributed by atoms with Crippen LogP contribution < -0.4 is 25.5 Å². The number of nitrogens with zero attached hydrogens (tertiary/aromatic N) is 1. The van der Waals surface area contributed by atoms with Gasteiger partial charge in [0.15, 0.2) is 11.5 Å². The van der Waals surface area contributed by atoms with Crippen molar-refractivity contribution in [3.8, 4) is 11.5 Å². The van der Waals surface area contributed by atoms with Gasteiger partial charge in [-0.2, -0.15) is 0 Å². The van der Waals surface area contributed by atoms with E-state index in [-0.39, 0.29) is 45.1 Å². The zero-order valence-corrected chi connectivity index (χ0v) is 20.0. The number of nitrogens with one attached hydrogen (secondary N) is 2. The summed E-state index contributed by atoms with van der Waals surface area (Å²) >= 11 is 0. The van der Waals surface area contributed by atoms with Crippen molar-refractivity contribution in [2.24, 2.45) is 0 Å². The molecule has 0 aliphatic carbocycles. The lowest BCUT2D eigenvalue weighted by Crippen LogP contribution is -2.49. The van der Waals surface area contributed by atoms with Crippen molar-refractivity contribution < 1.29 is 28.9 Å². The van der Waals surface area contributed by atoms with Crippen LogP contribution in [0, 0.1) is 0 Å². The summed E-state index contributed by atoms with van der Waals surface area (Å²) in [5, 5.41) is 14.6. The fourth-order valence-corrected chi connectivity index (χ4v) is 4.03. The smallest absolute Gasteiger partial charge is 0.257 e. The summed E-state index contributed by atoms with van der Waals surface area (Å²) in [6.45, 7) is 2.99. The Morgan fingerprint density at radius 2 is 1.89 bits per heavy atom. The average molecular weight is 496 g/mol. The largest absolute Gasteiger partial charge is 0.454 e. The van der Waals surface area contributed by atoms with Crippen molar-refractivity contribution in [1.82, 2.24) is 15.2 Å². The number of benzene rings is 2. The van der Waals surface area contributed by atoms with Gasteiger partial charge in [-0.25, -0.2) is 0 Å². The number of aromatic nitrogens is 1. The highest BCUT2D eigenvalue weighted by Crippen LogP contribution is 2.35. The third kappa shape index (κ3) is 5.67. The summed E-state index contributed by atoms with van der Waals surface area (Å²) in [5.41, 5.74) is 0.957. The number of rotatable bonds is 11. The summed E-state index contributed by atoms with van der Waals surface area (Å²) in [6.07, 6.45) is 1.74. The van der Waals surface area contributed by atoms with Crippen molar-refractivity contribution in [3.63, 3.8) is 0 Å². The van der Waals surface area contributed by atoms with E-state index in [2.05, 4.69) is 10.6 Å². The molecule has 0 saturated heterocycles. The Hall–Kier alpha value is -3.89. The highest BCUT2D eigenvalue weighted by molar-refractivity contribution is 6.00. The molecule has 2 amide bonds. The van der Waals surface area contributed by atoms with Gasteiger partial charge in [0.1, 0.15) is 11.6 Å². The van der Waals surface area contributed by atoms with Crippen molar-refractivity contribution in [2.75, 3.05) is 33.2 Å². The van der Waals surface area contributed by atoms with Crippen molar-refractivity contribution in [3.05, 3.63) is 70.0 Å². The van der Waals surface area contributed by atoms with Gasteiger partial charge in [-0.05, 0) is 18.6 Å². The highest BCUT2D eigenvalue weighted by atomic mass is 16.7. The minimum Gasteiger partial charge on any atom is -0.454 e. The number of hydrogen-bond donors (Lipinski definition) is 3. The molecule has 1 unspecified atom stereocenters. The summed E-state index contributed by atoms with van der Waals surface area (Å²) in [4.78, 5) is 39.6. The lowest BCUT2D eigenvalue weighted by molar-refractivity contribution is -0.123. The molecule has 0 spiro atoms. The zero-order valence-electron chi connectivity index (χ0n) is 20.0. The molecule has 0 fully saturated rings. The number of aryl methyl sites for hydroxylation is 1. The molecular weight excluding hydrogens is 466 g/mol. The van der Waals surface area contributed by atoms with Crippen LogP contribution in [-0.4, -0.2) is 60.7 Å². The normalized spacial score (nSPS) is 12.9. The van der Waals surface area contributed by atoms with E-state index < -0.39 is 23.3 Å². The first-order valence-corrected chi connectivity index (χ1v) is 11.8. The van der Waals surface area contributed by atoms with Crippen LogP contribution in [-0.2, 0) is 22.5 Å². The van der Waals surface area contributed by atoms with Crippen molar-refractivity contribution in [2.45, 2.75) is 25.9 Å². The molecule has 10 nitrogen and oxygen atoms in total. The zero-order chi connectivity index (χ0) is 25.5. The second kappa shape index (κ2) is 11.7. The number of carbonyl (C=O) groups is 2. The van der Waals surface area contributed by atoms with Crippen LogP contribution in [0.15, 0.2) is 53.5 Å². The van der Waals surface area contributed by atoms with E-state index in [1.807, 2.05) is 37.3 Å². The number of ether oxygens (including phenoxy) is 3. The van der Waals surface area contributed by atoms with E-state index in [0.717, 1.165) is 5.56 Å². The van der Waals surface area contributed by atoms with Crippen molar-refractivity contribution >= 4 is 22.7 Å². The summed E-state index contributed by atoms with van der Waals surface area (Å²) < 4.78 is 17.8. The van der Waals surface area contributed by atoms with Gasteiger partial charge in [-0.15, -0.1) is 0 Å². The van der Waals surface area contributed by atoms with E-state index in [0.29, 0.717) is 28.9 Å². The highest BCUT2D eigenvalue weighted by Gasteiger charge is 2.25. The lowest BCUT2D eigenvalue weighted by Gasteiger charge is -2.19. The Morgan fingerprint density at radius 3 is 2.61 bits per heavy atom. The van der Waals surface area contributed by atoms with Gasteiger partial charge in [0.25, 0.3) is 5.91 Å². The molecule has 10 heteroatoms. The first kappa shape index (κ1) is 25.2. The molecule has 0 saturated carbocycles. The molecule has 190 valence electrons. The predicted octanol–water partition coefficient (Wildman–Crippen LogP) is 1.22. The lowest BCUT2D eigenvalue weighted by atomic mass is 10.0. The molecule has 1 atom stereocenters. The molecule has 1 aliphatic heterocycles. The monoisotopic (exact) mass is 495 g/mol. The second-order valence-electron chi connectivity index (χ2n) is 8.22. The minimum atomic E-state index is -0.917. The maximum absolute atomic E-state index is 13.3. The average Bonchev–Trinajstić information content (AvgIpc) is 3.35. The van der Waals surface area contributed by atoms with Crippen LogP contribution in [0.25, 0.3) is 10.9 Å².